The van der Waals surface area contributed by atoms with Crippen LogP contribution < -0.4 is 20.7 Å². The molecule has 3 aliphatic rings. The molecule has 3 atom stereocenters. The molecule has 0 aliphatic carbocycles. The molecule has 6 rings (SSSR count). The van der Waals surface area contributed by atoms with Gasteiger partial charge in [-0.05, 0) is 54.4 Å². The Morgan fingerprint density at radius 1 is 0.960 bits per heavy atom. The molecular weight excluding hydrogens is 718 g/mol. The summed E-state index contributed by atoms with van der Waals surface area (Å²) in [6.07, 6.45) is -4.64. The van der Waals surface area contributed by atoms with E-state index >= 15 is 4.79 Å². The molecule has 0 spiro atoms. The first-order valence-electron chi connectivity index (χ1n) is 16.2. The molecule has 3 aromatic carbocycles. The van der Waals surface area contributed by atoms with Gasteiger partial charge in [-0.15, -0.1) is 12.4 Å². The van der Waals surface area contributed by atoms with Gasteiger partial charge >= 0.3 is 6.18 Å². The molecule has 270 valence electrons. The topological polar surface area (TPSA) is 95.2 Å². The van der Waals surface area contributed by atoms with Gasteiger partial charge in [0.25, 0.3) is 0 Å². The molecule has 3 aromatic rings. The quantitative estimate of drug-likeness (QED) is 0.255. The van der Waals surface area contributed by atoms with E-state index in [1.807, 2.05) is 34.1 Å². The lowest BCUT2D eigenvalue weighted by Crippen LogP contribution is -2.64. The second-order valence-corrected chi connectivity index (χ2v) is 13.2. The first kappa shape index (κ1) is 38.3. The van der Waals surface area contributed by atoms with Gasteiger partial charge in [-0.1, -0.05) is 53.5 Å². The average Bonchev–Trinajstić information content (AvgIpc) is 3.49. The monoisotopic (exact) mass is 755 g/mol. The van der Waals surface area contributed by atoms with Crippen LogP contribution in [0.1, 0.15) is 41.3 Å². The Labute approximate surface area is 305 Å². The minimum Gasteiger partial charge on any atom is -0.493 e. The van der Waals surface area contributed by atoms with E-state index in [1.54, 1.807) is 31.2 Å². The summed E-state index contributed by atoms with van der Waals surface area (Å²) in [5.41, 5.74) is -0.825. The number of ketones is 1. The molecule has 0 bridgehead atoms. The van der Waals surface area contributed by atoms with E-state index in [0.717, 1.165) is 23.3 Å². The van der Waals surface area contributed by atoms with E-state index in [4.69, 9.17) is 32.7 Å². The van der Waals surface area contributed by atoms with E-state index in [9.17, 15) is 18.0 Å². The highest BCUT2D eigenvalue weighted by atomic mass is 35.5. The molecule has 0 radical (unpaired) electrons. The maximum absolute atomic E-state index is 15.6. The van der Waals surface area contributed by atoms with Gasteiger partial charge in [0, 0.05) is 48.3 Å². The second kappa shape index (κ2) is 16.2. The minimum absolute atomic E-state index is 0. The van der Waals surface area contributed by atoms with Gasteiger partial charge in [0.05, 0.1) is 50.1 Å². The summed E-state index contributed by atoms with van der Waals surface area (Å²) < 4.78 is 53.6. The number of hydrogen-bond donors (Lipinski definition) is 3. The molecule has 0 aromatic heterocycles. The van der Waals surface area contributed by atoms with Crippen molar-refractivity contribution in [3.63, 3.8) is 0 Å². The highest BCUT2D eigenvalue weighted by Crippen LogP contribution is 2.46. The molecule has 3 unspecified atom stereocenters. The van der Waals surface area contributed by atoms with Crippen LogP contribution in [-0.2, 0) is 26.2 Å². The predicted octanol–water partition coefficient (Wildman–Crippen LogP) is 5.36. The van der Waals surface area contributed by atoms with Crippen molar-refractivity contribution in [2.75, 3.05) is 59.1 Å². The van der Waals surface area contributed by atoms with E-state index in [-0.39, 0.29) is 55.1 Å². The standard InChI is InChI=1S/C35H38Cl2F3N5O4.ClH/c1-2-49-29-19-24(35(38,39)40)7-12-27(29)34(33(47)28(45-15-17-48-18-16-45)20-44-14-13-41-30(46)21-44)42-31(22-3-8-25(36)9-4-22)32(43-34)23-5-10-26(37)11-6-23;/h3-12,19,28,31-32,42-43H,2,13-18,20-21H2,1H3,(H,41,46);1H. The fraction of sp³-hybridized carbons (Fsp3) is 0.429. The summed E-state index contributed by atoms with van der Waals surface area (Å²) in [6.45, 7) is 4.79. The number of amides is 1. The summed E-state index contributed by atoms with van der Waals surface area (Å²) >= 11 is 12.5. The lowest BCUT2D eigenvalue weighted by molar-refractivity contribution is -0.137. The number of ether oxygens (including phenoxy) is 2. The summed E-state index contributed by atoms with van der Waals surface area (Å²) in [4.78, 5) is 31.9. The highest BCUT2D eigenvalue weighted by Gasteiger charge is 2.55. The normalized spacial score (nSPS) is 23.9. The Kier molecular flexibility index (Phi) is 12.4. The lowest BCUT2D eigenvalue weighted by atomic mass is 9.88. The summed E-state index contributed by atoms with van der Waals surface area (Å²) in [6, 6.07) is 15.8. The number of nitrogens with zero attached hydrogens (tertiary/aromatic N) is 2. The molecule has 3 heterocycles. The largest absolute Gasteiger partial charge is 0.493 e. The molecule has 9 nitrogen and oxygen atoms in total. The van der Waals surface area contributed by atoms with E-state index < -0.39 is 35.5 Å². The Hall–Kier alpha value is -2.94. The van der Waals surface area contributed by atoms with Crippen LogP contribution in [0, 0.1) is 0 Å². The summed E-state index contributed by atoms with van der Waals surface area (Å²) in [7, 11) is 0. The number of halogens is 6. The van der Waals surface area contributed by atoms with Gasteiger partial charge in [0.2, 0.25) is 5.91 Å². The maximum Gasteiger partial charge on any atom is 0.416 e. The van der Waals surface area contributed by atoms with Gasteiger partial charge < -0.3 is 14.8 Å². The fourth-order valence-electron chi connectivity index (χ4n) is 6.88. The predicted molar refractivity (Wildman–Crippen MR) is 187 cm³/mol. The molecule has 3 N–H and O–H groups in total. The Morgan fingerprint density at radius 2 is 1.54 bits per heavy atom. The fourth-order valence-corrected chi connectivity index (χ4v) is 7.13. The third kappa shape index (κ3) is 8.24. The third-order valence-electron chi connectivity index (χ3n) is 9.26. The van der Waals surface area contributed by atoms with Crippen molar-refractivity contribution in [1.29, 1.82) is 0 Å². The summed E-state index contributed by atoms with van der Waals surface area (Å²) in [5, 5.41) is 11.1. The molecule has 1 amide bonds. The van der Waals surface area contributed by atoms with Gasteiger partial charge in [-0.2, -0.15) is 13.2 Å². The number of nitrogens with one attached hydrogen (secondary N) is 3. The van der Waals surface area contributed by atoms with Gasteiger partial charge in [-0.3, -0.25) is 30.0 Å². The summed E-state index contributed by atoms with van der Waals surface area (Å²) in [5.74, 6) is -0.537. The number of carbonyl (C=O) groups is 2. The SMILES string of the molecule is CCOc1cc(C(F)(F)F)ccc1C1(C(=O)C(CN2CCNC(=O)C2)N2CCOCC2)NC(c2ccc(Cl)cc2)C(c2ccc(Cl)cc2)N1.Cl. The van der Waals surface area contributed by atoms with Gasteiger partial charge in [0.15, 0.2) is 11.4 Å². The Bertz CT molecular complexity index is 1590. The number of Topliss-reactive ketones (excluding diaryl/α,β-unsaturated/α-hetero) is 1. The van der Waals surface area contributed by atoms with Crippen molar-refractivity contribution in [2.24, 2.45) is 0 Å². The molecular formula is C35H39Cl3F3N5O4. The minimum atomic E-state index is -4.64. The van der Waals surface area contributed by atoms with Crippen molar-refractivity contribution in [2.45, 2.75) is 36.9 Å². The number of morpholine rings is 1. The van der Waals surface area contributed by atoms with Crippen LogP contribution in [0.3, 0.4) is 0 Å². The zero-order valence-corrected chi connectivity index (χ0v) is 29.6. The highest BCUT2D eigenvalue weighted by molar-refractivity contribution is 6.30. The van der Waals surface area contributed by atoms with E-state index in [0.29, 0.717) is 49.4 Å². The first-order valence-corrected chi connectivity index (χ1v) is 17.0. The number of alkyl halides is 3. The van der Waals surface area contributed by atoms with Crippen LogP contribution in [0.2, 0.25) is 10.0 Å². The van der Waals surface area contributed by atoms with Crippen LogP contribution in [-0.4, -0.2) is 86.6 Å². The molecule has 3 saturated heterocycles. The molecule has 0 saturated carbocycles. The molecule has 3 aliphatic heterocycles. The number of rotatable bonds is 10. The van der Waals surface area contributed by atoms with Crippen LogP contribution in [0.25, 0.3) is 0 Å². The van der Waals surface area contributed by atoms with Crippen molar-refractivity contribution in [3.05, 3.63) is 99.0 Å². The van der Waals surface area contributed by atoms with Crippen molar-refractivity contribution < 1.29 is 32.2 Å². The zero-order valence-electron chi connectivity index (χ0n) is 27.3. The van der Waals surface area contributed by atoms with Crippen molar-refractivity contribution in [3.8, 4) is 5.75 Å². The van der Waals surface area contributed by atoms with Crippen LogP contribution in [0.5, 0.6) is 5.75 Å². The van der Waals surface area contributed by atoms with Gasteiger partial charge in [-0.25, -0.2) is 0 Å². The second-order valence-electron chi connectivity index (χ2n) is 12.4. The molecule has 3 fully saturated rings. The number of hydrogen-bond acceptors (Lipinski definition) is 8. The smallest absolute Gasteiger partial charge is 0.416 e. The lowest BCUT2D eigenvalue weighted by Gasteiger charge is -2.42. The number of benzene rings is 3. The van der Waals surface area contributed by atoms with Crippen molar-refractivity contribution >= 4 is 47.3 Å². The first-order chi connectivity index (χ1) is 23.5. The third-order valence-corrected chi connectivity index (χ3v) is 9.76. The van der Waals surface area contributed by atoms with Crippen LogP contribution in [0.4, 0.5) is 13.2 Å². The Morgan fingerprint density at radius 3 is 2.06 bits per heavy atom. The van der Waals surface area contributed by atoms with Gasteiger partial charge in [0.1, 0.15) is 5.75 Å². The average molecular weight is 757 g/mol. The zero-order chi connectivity index (χ0) is 34.8. The maximum atomic E-state index is 15.6. The van der Waals surface area contributed by atoms with E-state index in [1.165, 1.54) is 6.07 Å². The van der Waals surface area contributed by atoms with Crippen molar-refractivity contribution in [1.82, 2.24) is 25.8 Å². The number of piperazine rings is 1. The number of carbonyl (C=O) groups excluding carboxylic acids is 2. The molecule has 15 heteroatoms. The Balaban J connectivity index is 0.00000486. The van der Waals surface area contributed by atoms with E-state index in [2.05, 4.69) is 16.0 Å². The van der Waals surface area contributed by atoms with Crippen LogP contribution >= 0.6 is 35.6 Å². The molecule has 50 heavy (non-hydrogen) atoms. The van der Waals surface area contributed by atoms with Crippen LogP contribution in [0.15, 0.2) is 66.7 Å².